The Morgan fingerprint density at radius 1 is 1.12 bits per heavy atom. The van der Waals surface area contributed by atoms with Crippen LogP contribution < -0.4 is 10.2 Å². The van der Waals surface area contributed by atoms with Crippen molar-refractivity contribution in [2.75, 3.05) is 25.6 Å². The van der Waals surface area contributed by atoms with E-state index in [4.69, 9.17) is 4.52 Å². The van der Waals surface area contributed by atoms with Crippen molar-refractivity contribution >= 4 is 18.4 Å². The van der Waals surface area contributed by atoms with Crippen LogP contribution >= 0.6 is 7.37 Å². The Kier molecular flexibility index (Phi) is 6.16. The number of aliphatic hydroxyl groups is 1. The molecule has 0 aliphatic rings. The number of nitrogens with zero attached hydrogens (tertiary/aromatic N) is 2. The number of pyridine rings is 1. The van der Waals surface area contributed by atoms with Crippen molar-refractivity contribution in [1.82, 2.24) is 4.98 Å². The van der Waals surface area contributed by atoms with Gasteiger partial charge in [-0.25, -0.2) is 0 Å². The molecule has 0 aliphatic carbocycles. The summed E-state index contributed by atoms with van der Waals surface area (Å²) >= 11 is 0. The van der Waals surface area contributed by atoms with Crippen LogP contribution in [0.15, 0.2) is 48.8 Å². The van der Waals surface area contributed by atoms with Gasteiger partial charge >= 0.3 is 0 Å². The molecule has 1 aromatic carbocycles. The van der Waals surface area contributed by atoms with E-state index in [0.717, 1.165) is 5.69 Å². The molecular formula is C18H25N2O3P. The first-order chi connectivity index (χ1) is 11.3. The lowest BCUT2D eigenvalue weighted by molar-refractivity contribution is 0.202. The van der Waals surface area contributed by atoms with Gasteiger partial charge in [-0.2, -0.15) is 0 Å². The van der Waals surface area contributed by atoms with Crippen LogP contribution in [0.2, 0.25) is 0 Å². The van der Waals surface area contributed by atoms with E-state index in [0.29, 0.717) is 17.5 Å². The summed E-state index contributed by atoms with van der Waals surface area (Å²) in [5.74, 6) is -1.01. The van der Waals surface area contributed by atoms with Crippen LogP contribution in [0.4, 0.5) is 5.69 Å². The van der Waals surface area contributed by atoms with E-state index in [1.807, 2.05) is 45.0 Å². The fraction of sp³-hybridized carbons (Fsp3) is 0.389. The average Bonchev–Trinajstić information content (AvgIpc) is 2.59. The van der Waals surface area contributed by atoms with E-state index >= 15 is 0 Å². The molecule has 0 saturated heterocycles. The standard InChI is InChI=1S/C18H25N2O3P/c1-14(2)13-23-24(22,18(21)15-9-11-19-12-10-15)17-7-5-16(6-8-17)20(3)4/h5-12,14,18,21H,13H2,1-4H3/t18-,24-/m0/s1. The Balaban J connectivity index is 2.41. The number of hydrogen-bond acceptors (Lipinski definition) is 5. The van der Waals surface area contributed by atoms with Crippen molar-refractivity contribution in [3.63, 3.8) is 0 Å². The number of benzene rings is 1. The van der Waals surface area contributed by atoms with Crippen LogP contribution in [0.25, 0.3) is 0 Å². The summed E-state index contributed by atoms with van der Waals surface area (Å²) < 4.78 is 19.4. The molecular weight excluding hydrogens is 323 g/mol. The van der Waals surface area contributed by atoms with Crippen LogP contribution in [0.1, 0.15) is 25.3 Å². The number of hydrogen-bond donors (Lipinski definition) is 1. The van der Waals surface area contributed by atoms with Gasteiger partial charge in [0, 0.05) is 37.5 Å². The molecule has 2 rings (SSSR count). The predicted octanol–water partition coefficient (Wildman–Crippen LogP) is 3.41. The van der Waals surface area contributed by atoms with Crippen LogP contribution in [-0.2, 0) is 9.09 Å². The Bertz CT molecular complexity index is 687. The monoisotopic (exact) mass is 348 g/mol. The second-order valence-electron chi connectivity index (χ2n) is 6.35. The van der Waals surface area contributed by atoms with Gasteiger partial charge < -0.3 is 14.5 Å². The van der Waals surface area contributed by atoms with Crippen molar-refractivity contribution in [3.05, 3.63) is 54.4 Å². The van der Waals surface area contributed by atoms with Crippen molar-refractivity contribution < 1.29 is 14.2 Å². The van der Waals surface area contributed by atoms with Gasteiger partial charge in [-0.05, 0) is 47.9 Å². The molecule has 6 heteroatoms. The van der Waals surface area contributed by atoms with Crippen LogP contribution in [0.5, 0.6) is 0 Å². The molecule has 2 aromatic rings. The third-order valence-corrected chi connectivity index (χ3v) is 6.14. The van der Waals surface area contributed by atoms with E-state index in [2.05, 4.69) is 4.98 Å². The number of anilines is 1. The molecule has 1 heterocycles. The summed E-state index contributed by atoms with van der Waals surface area (Å²) in [6.45, 7) is 4.28. The summed E-state index contributed by atoms with van der Waals surface area (Å²) in [4.78, 5) is 5.90. The summed E-state index contributed by atoms with van der Waals surface area (Å²) in [6.07, 6.45) is 3.14. The van der Waals surface area contributed by atoms with E-state index in [1.54, 1.807) is 36.7 Å². The maximum atomic E-state index is 13.6. The SMILES string of the molecule is CC(C)CO[P@@](=O)(c1ccc(N(C)C)cc1)[C@H](O)c1ccncc1. The van der Waals surface area contributed by atoms with E-state index in [1.165, 1.54) is 0 Å². The number of rotatable bonds is 7. The molecule has 1 N–H and O–H groups in total. The Hall–Kier alpha value is -1.68. The lowest BCUT2D eigenvalue weighted by Gasteiger charge is -2.25. The second kappa shape index (κ2) is 7.93. The van der Waals surface area contributed by atoms with E-state index in [-0.39, 0.29) is 5.92 Å². The third kappa shape index (κ3) is 4.23. The Labute approximate surface area is 143 Å². The molecule has 24 heavy (non-hydrogen) atoms. The van der Waals surface area contributed by atoms with E-state index in [9.17, 15) is 9.67 Å². The Morgan fingerprint density at radius 3 is 2.21 bits per heavy atom. The van der Waals surface area contributed by atoms with Gasteiger partial charge in [-0.3, -0.25) is 9.55 Å². The lowest BCUT2D eigenvalue weighted by Crippen LogP contribution is -2.17. The van der Waals surface area contributed by atoms with Crippen molar-refractivity contribution in [2.24, 2.45) is 5.92 Å². The smallest absolute Gasteiger partial charge is 0.264 e. The first kappa shape index (κ1) is 18.7. The van der Waals surface area contributed by atoms with Crippen molar-refractivity contribution in [3.8, 4) is 0 Å². The zero-order valence-electron chi connectivity index (χ0n) is 14.6. The van der Waals surface area contributed by atoms with Gasteiger partial charge in [0.2, 0.25) is 0 Å². The highest BCUT2D eigenvalue weighted by Gasteiger charge is 2.36. The van der Waals surface area contributed by atoms with Gasteiger partial charge in [-0.1, -0.05) is 13.8 Å². The summed E-state index contributed by atoms with van der Waals surface area (Å²) in [6, 6.07) is 10.6. The van der Waals surface area contributed by atoms with E-state index < -0.39 is 13.2 Å². The molecule has 0 unspecified atom stereocenters. The first-order valence-electron chi connectivity index (χ1n) is 7.95. The molecule has 0 bridgehead atoms. The minimum absolute atomic E-state index is 0.212. The zero-order chi connectivity index (χ0) is 17.7. The maximum absolute atomic E-state index is 13.6. The van der Waals surface area contributed by atoms with Gasteiger partial charge in [0.15, 0.2) is 5.85 Å². The first-order valence-corrected chi connectivity index (χ1v) is 9.64. The normalized spacial score (nSPS) is 15.1. The van der Waals surface area contributed by atoms with Crippen LogP contribution in [0.3, 0.4) is 0 Å². The highest BCUT2D eigenvalue weighted by molar-refractivity contribution is 7.67. The molecule has 0 saturated carbocycles. The van der Waals surface area contributed by atoms with Gasteiger partial charge in [-0.15, -0.1) is 0 Å². The summed E-state index contributed by atoms with van der Waals surface area (Å²) in [7, 11) is 0.401. The van der Waals surface area contributed by atoms with Crippen molar-refractivity contribution in [2.45, 2.75) is 19.7 Å². The van der Waals surface area contributed by atoms with Gasteiger partial charge in [0.05, 0.1) is 6.61 Å². The molecule has 5 nitrogen and oxygen atoms in total. The highest BCUT2D eigenvalue weighted by atomic mass is 31.2. The van der Waals surface area contributed by atoms with Gasteiger partial charge in [0.25, 0.3) is 7.37 Å². The largest absolute Gasteiger partial charge is 0.378 e. The summed E-state index contributed by atoms with van der Waals surface area (Å²) in [5, 5.41) is 11.3. The Morgan fingerprint density at radius 2 is 1.71 bits per heavy atom. The second-order valence-corrected chi connectivity index (χ2v) is 8.81. The number of aliphatic hydroxyl groups excluding tert-OH is 1. The average molecular weight is 348 g/mol. The zero-order valence-corrected chi connectivity index (χ0v) is 15.5. The van der Waals surface area contributed by atoms with Crippen molar-refractivity contribution in [1.29, 1.82) is 0 Å². The minimum atomic E-state index is -3.48. The van der Waals surface area contributed by atoms with Crippen LogP contribution in [-0.4, -0.2) is 30.8 Å². The molecule has 1 aromatic heterocycles. The topological polar surface area (TPSA) is 62.7 Å². The predicted molar refractivity (Wildman–Crippen MR) is 98.0 cm³/mol. The molecule has 0 spiro atoms. The molecule has 0 fully saturated rings. The fourth-order valence-corrected chi connectivity index (χ4v) is 4.46. The molecule has 130 valence electrons. The van der Waals surface area contributed by atoms with Crippen LogP contribution in [0, 0.1) is 5.92 Å². The highest BCUT2D eigenvalue weighted by Crippen LogP contribution is 2.57. The minimum Gasteiger partial charge on any atom is -0.378 e. The molecule has 2 atom stereocenters. The van der Waals surface area contributed by atoms with Gasteiger partial charge in [0.1, 0.15) is 0 Å². The fourth-order valence-electron chi connectivity index (χ4n) is 2.24. The molecule has 0 radical (unpaired) electrons. The molecule has 0 amide bonds. The molecule has 0 aliphatic heterocycles. The maximum Gasteiger partial charge on any atom is 0.264 e. The third-order valence-electron chi connectivity index (χ3n) is 3.65. The lowest BCUT2D eigenvalue weighted by atomic mass is 10.2. The quantitative estimate of drug-likeness (QED) is 0.777. The summed E-state index contributed by atoms with van der Waals surface area (Å²) in [5.41, 5.74) is 1.53. The number of aromatic nitrogens is 1.